The number of benzene rings is 1. The number of oxazole rings is 1. The molecule has 4 nitrogen and oxygen atoms in total. The Morgan fingerprint density at radius 2 is 2.04 bits per heavy atom. The van der Waals surface area contributed by atoms with E-state index in [1.165, 1.54) is 6.07 Å². The van der Waals surface area contributed by atoms with Crippen LogP contribution in [0.4, 0.5) is 10.1 Å². The van der Waals surface area contributed by atoms with E-state index in [1.54, 1.807) is 6.07 Å². The van der Waals surface area contributed by atoms with Gasteiger partial charge in [0.25, 0.3) is 0 Å². The first-order valence-corrected chi connectivity index (χ1v) is 7.68. The molecule has 116 valence electrons. The van der Waals surface area contributed by atoms with Crippen molar-refractivity contribution >= 4 is 17.3 Å². The normalized spacial score (nSPS) is 13.9. The van der Waals surface area contributed by atoms with Gasteiger partial charge in [0.05, 0.1) is 23.5 Å². The van der Waals surface area contributed by atoms with Crippen LogP contribution < -0.4 is 4.90 Å². The predicted molar refractivity (Wildman–Crippen MR) is 85.9 cm³/mol. The first-order chi connectivity index (χ1) is 11.2. The second-order valence-corrected chi connectivity index (χ2v) is 5.78. The third-order valence-corrected chi connectivity index (χ3v) is 4.19. The topological polar surface area (TPSA) is 42.2 Å². The molecule has 0 N–H and O–H groups in total. The van der Waals surface area contributed by atoms with Gasteiger partial charge in [-0.2, -0.15) is 0 Å². The highest BCUT2D eigenvalue weighted by Crippen LogP contribution is 2.31. The van der Waals surface area contributed by atoms with Crippen LogP contribution >= 0.6 is 11.6 Å². The summed E-state index contributed by atoms with van der Waals surface area (Å²) in [5.74, 6) is 0.903. The fraction of sp³-hybridized carbons (Fsp3) is 0.176. The van der Waals surface area contributed by atoms with Crippen molar-refractivity contribution in [3.63, 3.8) is 0 Å². The van der Waals surface area contributed by atoms with Crippen LogP contribution in [-0.2, 0) is 13.0 Å². The van der Waals surface area contributed by atoms with E-state index in [4.69, 9.17) is 16.0 Å². The number of aromatic nitrogens is 2. The summed E-state index contributed by atoms with van der Waals surface area (Å²) in [4.78, 5) is 10.7. The van der Waals surface area contributed by atoms with E-state index in [0.717, 1.165) is 41.3 Å². The number of fused-ring (bicyclic) bond motifs is 1. The van der Waals surface area contributed by atoms with Crippen LogP contribution in [0.3, 0.4) is 0 Å². The number of hydrogen-bond donors (Lipinski definition) is 0. The van der Waals surface area contributed by atoms with Gasteiger partial charge in [0.2, 0.25) is 5.89 Å². The van der Waals surface area contributed by atoms with Crippen molar-refractivity contribution in [1.82, 2.24) is 9.97 Å². The van der Waals surface area contributed by atoms with Crippen molar-refractivity contribution in [2.45, 2.75) is 13.0 Å². The third kappa shape index (κ3) is 2.68. The second-order valence-electron chi connectivity index (χ2n) is 5.37. The smallest absolute Gasteiger partial charge is 0.245 e. The maximum atomic E-state index is 13.0. The van der Waals surface area contributed by atoms with Crippen LogP contribution in [0.1, 0.15) is 11.5 Å². The standard InChI is InChI=1S/C17H13ClFN3O/c18-12-3-1-2-4-15(12)22-8-7-16-14(10-22)21-17(23-16)13-6-5-11(19)9-20-13/h1-6,9H,7-8,10H2. The van der Waals surface area contributed by atoms with Crippen molar-refractivity contribution < 1.29 is 8.81 Å². The minimum absolute atomic E-state index is 0.380. The number of para-hydroxylation sites is 1. The summed E-state index contributed by atoms with van der Waals surface area (Å²) in [6.45, 7) is 1.44. The molecule has 0 atom stereocenters. The maximum absolute atomic E-state index is 13.0. The van der Waals surface area contributed by atoms with Gasteiger partial charge in [-0.05, 0) is 24.3 Å². The molecule has 3 aromatic rings. The number of pyridine rings is 1. The number of rotatable bonds is 2. The zero-order valence-corrected chi connectivity index (χ0v) is 12.9. The van der Waals surface area contributed by atoms with Crippen LogP contribution in [0.15, 0.2) is 47.0 Å². The summed E-state index contributed by atoms with van der Waals surface area (Å²) in [6.07, 6.45) is 1.91. The monoisotopic (exact) mass is 329 g/mol. The average molecular weight is 330 g/mol. The zero-order chi connectivity index (χ0) is 15.8. The Bertz CT molecular complexity index is 847. The Kier molecular flexibility index (Phi) is 3.50. The first-order valence-electron chi connectivity index (χ1n) is 7.31. The molecular formula is C17H13ClFN3O. The molecule has 1 aliphatic rings. The van der Waals surface area contributed by atoms with Crippen LogP contribution in [0.25, 0.3) is 11.6 Å². The number of nitrogens with zero attached hydrogens (tertiary/aromatic N) is 3. The maximum Gasteiger partial charge on any atom is 0.245 e. The summed E-state index contributed by atoms with van der Waals surface area (Å²) in [5, 5.41) is 0.722. The number of hydrogen-bond acceptors (Lipinski definition) is 4. The fourth-order valence-electron chi connectivity index (χ4n) is 2.72. The van der Waals surface area contributed by atoms with Crippen molar-refractivity contribution in [2.75, 3.05) is 11.4 Å². The predicted octanol–water partition coefficient (Wildman–Crippen LogP) is 4.09. The summed E-state index contributed by atoms with van der Waals surface area (Å²) >= 11 is 6.27. The first kappa shape index (κ1) is 14.2. The molecule has 0 radical (unpaired) electrons. The Morgan fingerprint density at radius 3 is 2.83 bits per heavy atom. The Hall–Kier alpha value is -2.40. The van der Waals surface area contributed by atoms with E-state index < -0.39 is 0 Å². The molecule has 4 rings (SSSR count). The summed E-state index contributed by atoms with van der Waals surface area (Å²) in [7, 11) is 0. The van der Waals surface area contributed by atoms with Gasteiger partial charge in [-0.3, -0.25) is 0 Å². The van der Waals surface area contributed by atoms with E-state index in [0.29, 0.717) is 18.1 Å². The summed E-state index contributed by atoms with van der Waals surface area (Å²) in [6, 6.07) is 10.7. The molecule has 1 aliphatic heterocycles. The molecule has 0 spiro atoms. The highest BCUT2D eigenvalue weighted by Gasteiger charge is 2.24. The molecule has 0 amide bonds. The lowest BCUT2D eigenvalue weighted by Crippen LogP contribution is -2.30. The van der Waals surface area contributed by atoms with Gasteiger partial charge in [0.15, 0.2) is 0 Å². The lowest BCUT2D eigenvalue weighted by Gasteiger charge is -2.28. The van der Waals surface area contributed by atoms with Crippen LogP contribution in [0.2, 0.25) is 5.02 Å². The van der Waals surface area contributed by atoms with E-state index in [9.17, 15) is 4.39 Å². The van der Waals surface area contributed by atoms with Crippen LogP contribution in [-0.4, -0.2) is 16.5 Å². The number of halogens is 2. The van der Waals surface area contributed by atoms with Crippen molar-refractivity contribution in [2.24, 2.45) is 0 Å². The molecule has 6 heteroatoms. The van der Waals surface area contributed by atoms with Crippen molar-refractivity contribution in [3.8, 4) is 11.6 Å². The molecule has 0 saturated heterocycles. The van der Waals surface area contributed by atoms with E-state index >= 15 is 0 Å². The van der Waals surface area contributed by atoms with E-state index in [2.05, 4.69) is 14.9 Å². The molecule has 2 aromatic heterocycles. The SMILES string of the molecule is Fc1ccc(-c2nc3c(o2)CCN(c2ccccc2Cl)C3)nc1. The van der Waals surface area contributed by atoms with Crippen LogP contribution in [0.5, 0.6) is 0 Å². The van der Waals surface area contributed by atoms with Gasteiger partial charge in [-0.15, -0.1) is 0 Å². The minimum Gasteiger partial charge on any atom is -0.439 e. The van der Waals surface area contributed by atoms with Gasteiger partial charge in [0, 0.05) is 13.0 Å². The summed E-state index contributed by atoms with van der Waals surface area (Å²) < 4.78 is 18.8. The largest absolute Gasteiger partial charge is 0.439 e. The zero-order valence-electron chi connectivity index (χ0n) is 12.2. The molecule has 0 fully saturated rings. The Morgan fingerprint density at radius 1 is 1.17 bits per heavy atom. The quantitative estimate of drug-likeness (QED) is 0.710. The molecule has 0 unspecified atom stereocenters. The Labute approximate surface area is 137 Å². The fourth-order valence-corrected chi connectivity index (χ4v) is 2.98. The molecule has 23 heavy (non-hydrogen) atoms. The molecular weight excluding hydrogens is 317 g/mol. The lowest BCUT2D eigenvalue weighted by molar-refractivity contribution is 0.498. The van der Waals surface area contributed by atoms with E-state index in [1.807, 2.05) is 24.3 Å². The van der Waals surface area contributed by atoms with Crippen LogP contribution in [0, 0.1) is 5.82 Å². The highest BCUT2D eigenvalue weighted by atomic mass is 35.5. The van der Waals surface area contributed by atoms with Gasteiger partial charge in [-0.1, -0.05) is 23.7 Å². The lowest BCUT2D eigenvalue weighted by atomic mass is 10.1. The minimum atomic E-state index is -0.380. The van der Waals surface area contributed by atoms with Crippen molar-refractivity contribution in [3.05, 3.63) is 64.9 Å². The van der Waals surface area contributed by atoms with Crippen molar-refractivity contribution in [1.29, 1.82) is 0 Å². The second kappa shape index (κ2) is 5.66. The average Bonchev–Trinajstić information content (AvgIpc) is 2.99. The molecule has 0 aliphatic carbocycles. The molecule has 0 bridgehead atoms. The third-order valence-electron chi connectivity index (χ3n) is 3.87. The van der Waals surface area contributed by atoms with Gasteiger partial charge in [0.1, 0.15) is 23.0 Å². The highest BCUT2D eigenvalue weighted by molar-refractivity contribution is 6.33. The number of anilines is 1. The van der Waals surface area contributed by atoms with E-state index in [-0.39, 0.29) is 5.82 Å². The molecule has 3 heterocycles. The summed E-state index contributed by atoms with van der Waals surface area (Å²) in [5.41, 5.74) is 2.40. The Balaban J connectivity index is 1.63. The molecule has 1 aromatic carbocycles. The van der Waals surface area contributed by atoms with Gasteiger partial charge >= 0.3 is 0 Å². The molecule has 0 saturated carbocycles. The van der Waals surface area contributed by atoms with Gasteiger partial charge in [-0.25, -0.2) is 14.4 Å². The van der Waals surface area contributed by atoms with Gasteiger partial charge < -0.3 is 9.32 Å².